The van der Waals surface area contributed by atoms with E-state index in [-0.39, 0.29) is 11.9 Å². The summed E-state index contributed by atoms with van der Waals surface area (Å²) in [7, 11) is 0. The first-order chi connectivity index (χ1) is 13.1. The Morgan fingerprint density at radius 3 is 2.37 bits per heavy atom. The maximum Gasteiger partial charge on any atom is 0.319 e. The largest absolute Gasteiger partial charge is 0.354 e. The van der Waals surface area contributed by atoms with E-state index in [1.807, 2.05) is 67.8 Å². The molecule has 0 bridgehead atoms. The Morgan fingerprint density at radius 2 is 1.74 bits per heavy atom. The van der Waals surface area contributed by atoms with Gasteiger partial charge in [-0.2, -0.15) is 0 Å². The van der Waals surface area contributed by atoms with E-state index >= 15 is 0 Å². The highest BCUT2D eigenvalue weighted by Crippen LogP contribution is 2.17. The Balaban J connectivity index is 1.83. The minimum Gasteiger partial charge on any atom is -0.354 e. The van der Waals surface area contributed by atoms with Crippen LogP contribution in [0.5, 0.6) is 0 Å². The Hall–Kier alpha value is -2.47. The molecule has 0 spiro atoms. The molecule has 2 aromatic rings. The van der Waals surface area contributed by atoms with Crippen LogP contribution in [0.1, 0.15) is 25.3 Å². The van der Waals surface area contributed by atoms with Gasteiger partial charge in [-0.15, -0.1) is 11.8 Å². The lowest BCUT2D eigenvalue weighted by Gasteiger charge is -2.18. The third kappa shape index (κ3) is 7.35. The van der Waals surface area contributed by atoms with E-state index in [4.69, 9.17) is 0 Å². The molecule has 5 nitrogen and oxygen atoms in total. The third-order valence-electron chi connectivity index (χ3n) is 4.10. The summed E-state index contributed by atoms with van der Waals surface area (Å²) >= 11 is 1.64. The van der Waals surface area contributed by atoms with Gasteiger partial charge in [0.15, 0.2) is 0 Å². The number of rotatable bonds is 9. The first-order valence-electron chi connectivity index (χ1n) is 9.15. The van der Waals surface area contributed by atoms with E-state index in [2.05, 4.69) is 16.0 Å². The molecule has 0 saturated carbocycles. The molecule has 0 fully saturated rings. The Kier molecular flexibility index (Phi) is 8.71. The molecule has 3 N–H and O–H groups in total. The molecule has 2 aromatic carbocycles. The highest BCUT2D eigenvalue weighted by Gasteiger charge is 2.19. The quantitative estimate of drug-likeness (QED) is 0.570. The second kappa shape index (κ2) is 11.3. The fraction of sp³-hybridized carbons (Fsp3) is 0.333. The Bertz CT molecular complexity index is 720. The summed E-state index contributed by atoms with van der Waals surface area (Å²) in [6, 6.07) is 16.7. The van der Waals surface area contributed by atoms with Crippen molar-refractivity contribution in [1.29, 1.82) is 0 Å². The van der Waals surface area contributed by atoms with Crippen molar-refractivity contribution < 1.29 is 9.59 Å². The molecule has 0 saturated heterocycles. The summed E-state index contributed by atoms with van der Waals surface area (Å²) in [6.07, 6.45) is 4.16. The monoisotopic (exact) mass is 385 g/mol. The van der Waals surface area contributed by atoms with Crippen molar-refractivity contribution in [3.05, 3.63) is 60.2 Å². The maximum atomic E-state index is 12.4. The van der Waals surface area contributed by atoms with Gasteiger partial charge < -0.3 is 16.0 Å². The predicted octanol–water partition coefficient (Wildman–Crippen LogP) is 4.06. The zero-order valence-electron chi connectivity index (χ0n) is 15.8. The number of amides is 3. The smallest absolute Gasteiger partial charge is 0.319 e. The van der Waals surface area contributed by atoms with E-state index in [0.29, 0.717) is 18.7 Å². The van der Waals surface area contributed by atoms with Crippen LogP contribution < -0.4 is 16.0 Å². The second-order valence-electron chi connectivity index (χ2n) is 6.19. The SMILES string of the molecule is CCCC(NC(=O)Nc1ccc(SC)cc1)C(=O)NCCc1ccccc1. The molecular weight excluding hydrogens is 358 g/mol. The summed E-state index contributed by atoms with van der Waals surface area (Å²) in [5.41, 5.74) is 1.87. The number of hydrogen-bond acceptors (Lipinski definition) is 3. The zero-order valence-corrected chi connectivity index (χ0v) is 16.6. The first-order valence-corrected chi connectivity index (χ1v) is 10.4. The summed E-state index contributed by atoms with van der Waals surface area (Å²) in [4.78, 5) is 25.8. The lowest BCUT2D eigenvalue weighted by molar-refractivity contribution is -0.123. The van der Waals surface area contributed by atoms with Crippen LogP contribution in [0.25, 0.3) is 0 Å². The molecule has 0 heterocycles. The van der Waals surface area contributed by atoms with Gasteiger partial charge in [0.2, 0.25) is 5.91 Å². The summed E-state index contributed by atoms with van der Waals surface area (Å²) in [5.74, 6) is -0.152. The number of nitrogens with one attached hydrogen (secondary N) is 3. The van der Waals surface area contributed by atoms with Crippen LogP contribution in [0.4, 0.5) is 10.5 Å². The van der Waals surface area contributed by atoms with Gasteiger partial charge in [0.25, 0.3) is 0 Å². The van der Waals surface area contributed by atoms with E-state index in [9.17, 15) is 9.59 Å². The van der Waals surface area contributed by atoms with Gasteiger partial charge in [-0.3, -0.25) is 4.79 Å². The van der Waals surface area contributed by atoms with Crippen molar-refractivity contribution in [2.45, 2.75) is 37.1 Å². The summed E-state index contributed by atoms with van der Waals surface area (Å²) in [5, 5.41) is 8.47. The van der Waals surface area contributed by atoms with Crippen molar-refractivity contribution in [1.82, 2.24) is 10.6 Å². The van der Waals surface area contributed by atoms with Gasteiger partial charge in [0.05, 0.1) is 0 Å². The minimum absolute atomic E-state index is 0.152. The van der Waals surface area contributed by atoms with Crippen LogP contribution in [0.3, 0.4) is 0 Å². The number of anilines is 1. The summed E-state index contributed by atoms with van der Waals surface area (Å²) in [6.45, 7) is 2.54. The Labute approximate surface area is 165 Å². The lowest BCUT2D eigenvalue weighted by Crippen LogP contribution is -2.48. The van der Waals surface area contributed by atoms with Gasteiger partial charge in [-0.05, 0) is 48.9 Å². The topological polar surface area (TPSA) is 70.2 Å². The van der Waals surface area contributed by atoms with Crippen molar-refractivity contribution in [2.24, 2.45) is 0 Å². The zero-order chi connectivity index (χ0) is 19.5. The Morgan fingerprint density at radius 1 is 1.04 bits per heavy atom. The fourth-order valence-electron chi connectivity index (χ4n) is 2.66. The highest BCUT2D eigenvalue weighted by molar-refractivity contribution is 7.98. The van der Waals surface area contributed by atoms with Gasteiger partial charge in [0.1, 0.15) is 6.04 Å². The molecule has 6 heteroatoms. The van der Waals surface area contributed by atoms with Crippen molar-refractivity contribution in [2.75, 3.05) is 18.1 Å². The van der Waals surface area contributed by atoms with Crippen LogP contribution in [0.15, 0.2) is 59.5 Å². The average molecular weight is 386 g/mol. The van der Waals surface area contributed by atoms with Crippen LogP contribution in [0.2, 0.25) is 0 Å². The van der Waals surface area contributed by atoms with Crippen molar-refractivity contribution in [3.63, 3.8) is 0 Å². The maximum absolute atomic E-state index is 12.4. The second-order valence-corrected chi connectivity index (χ2v) is 7.07. The van der Waals surface area contributed by atoms with Crippen LogP contribution >= 0.6 is 11.8 Å². The molecule has 0 aliphatic carbocycles. The standard InChI is InChI=1S/C21H27N3O2S/c1-3-7-19(20(25)22-15-14-16-8-5-4-6-9-16)24-21(26)23-17-10-12-18(27-2)13-11-17/h4-6,8-13,19H,3,7,14-15H2,1-2H3,(H,22,25)(H2,23,24,26). The molecule has 1 atom stereocenters. The van der Waals surface area contributed by atoms with E-state index in [1.54, 1.807) is 11.8 Å². The molecule has 2 rings (SSSR count). The van der Waals surface area contributed by atoms with Gasteiger partial charge in [0, 0.05) is 17.1 Å². The van der Waals surface area contributed by atoms with Crippen LogP contribution in [0, 0.1) is 0 Å². The normalized spacial score (nSPS) is 11.5. The molecule has 3 amide bonds. The predicted molar refractivity (Wildman–Crippen MR) is 112 cm³/mol. The van der Waals surface area contributed by atoms with Gasteiger partial charge in [-0.25, -0.2) is 4.79 Å². The number of hydrogen-bond donors (Lipinski definition) is 3. The molecule has 0 aliphatic rings. The van der Waals surface area contributed by atoms with E-state index < -0.39 is 6.04 Å². The molecule has 1 unspecified atom stereocenters. The molecule has 144 valence electrons. The lowest BCUT2D eigenvalue weighted by atomic mass is 10.1. The number of benzene rings is 2. The summed E-state index contributed by atoms with van der Waals surface area (Å²) < 4.78 is 0. The molecular formula is C21H27N3O2S. The average Bonchev–Trinajstić information content (AvgIpc) is 2.69. The van der Waals surface area contributed by atoms with Crippen LogP contribution in [-0.4, -0.2) is 30.8 Å². The molecule has 0 radical (unpaired) electrons. The highest BCUT2D eigenvalue weighted by atomic mass is 32.2. The van der Waals surface area contributed by atoms with Crippen molar-refractivity contribution >= 4 is 29.4 Å². The van der Waals surface area contributed by atoms with Gasteiger partial charge >= 0.3 is 6.03 Å². The number of thioether (sulfide) groups is 1. The van der Waals surface area contributed by atoms with Crippen molar-refractivity contribution in [3.8, 4) is 0 Å². The number of carbonyl (C=O) groups is 2. The first kappa shape index (κ1) is 20.8. The van der Waals surface area contributed by atoms with Crippen LogP contribution in [-0.2, 0) is 11.2 Å². The number of carbonyl (C=O) groups excluding carboxylic acids is 2. The third-order valence-corrected chi connectivity index (χ3v) is 4.85. The number of urea groups is 1. The van der Waals surface area contributed by atoms with E-state index in [0.717, 1.165) is 17.7 Å². The van der Waals surface area contributed by atoms with Gasteiger partial charge in [-0.1, -0.05) is 43.7 Å². The minimum atomic E-state index is -0.545. The molecule has 27 heavy (non-hydrogen) atoms. The van der Waals surface area contributed by atoms with E-state index in [1.165, 1.54) is 5.56 Å². The fourth-order valence-corrected chi connectivity index (χ4v) is 3.06. The molecule has 0 aliphatic heterocycles. The molecule has 0 aromatic heterocycles.